The van der Waals surface area contributed by atoms with Crippen LogP contribution in [0.15, 0.2) is 42.9 Å². The van der Waals surface area contributed by atoms with Gasteiger partial charge in [0.2, 0.25) is 5.95 Å². The second-order valence-corrected chi connectivity index (χ2v) is 8.66. The van der Waals surface area contributed by atoms with Crippen LogP contribution in [-0.2, 0) is 4.74 Å². The number of aromatic nitrogens is 5. The Morgan fingerprint density at radius 3 is 2.65 bits per heavy atom. The fourth-order valence-corrected chi connectivity index (χ4v) is 4.20. The molecule has 5 heterocycles. The van der Waals surface area contributed by atoms with Gasteiger partial charge in [-0.25, -0.2) is 14.4 Å². The van der Waals surface area contributed by atoms with Gasteiger partial charge in [-0.2, -0.15) is 9.97 Å². The van der Waals surface area contributed by atoms with E-state index in [4.69, 9.17) is 9.72 Å². The van der Waals surface area contributed by atoms with Crippen LogP contribution in [0.25, 0.3) is 5.65 Å². The zero-order valence-electron chi connectivity index (χ0n) is 18.8. The molecule has 1 aliphatic carbocycles. The van der Waals surface area contributed by atoms with Gasteiger partial charge in [-0.05, 0) is 43.4 Å². The van der Waals surface area contributed by atoms with Crippen molar-refractivity contribution in [3.63, 3.8) is 0 Å². The minimum absolute atomic E-state index is 0.215. The lowest BCUT2D eigenvalue weighted by Crippen LogP contribution is -2.36. The SMILES string of the molecule is Cc1nc(Nc2nc(Nc3ccn4ccnc4c3)cc(N3CCOCC3)n2)cc(C2CC2)c1F. The van der Waals surface area contributed by atoms with Gasteiger partial charge in [0.15, 0.2) is 0 Å². The first kappa shape index (κ1) is 20.8. The molecule has 174 valence electrons. The predicted octanol–water partition coefficient (Wildman–Crippen LogP) is 4.17. The number of morpholine rings is 1. The van der Waals surface area contributed by atoms with E-state index in [1.165, 1.54) is 0 Å². The average Bonchev–Trinajstić information content (AvgIpc) is 3.58. The maximum absolute atomic E-state index is 14.6. The Morgan fingerprint density at radius 2 is 1.82 bits per heavy atom. The molecule has 34 heavy (non-hydrogen) atoms. The smallest absolute Gasteiger partial charge is 0.232 e. The molecule has 9 nitrogen and oxygen atoms in total. The van der Waals surface area contributed by atoms with Crippen LogP contribution in [0.1, 0.15) is 30.0 Å². The molecule has 0 radical (unpaired) electrons. The van der Waals surface area contributed by atoms with Crippen molar-refractivity contribution in [1.29, 1.82) is 0 Å². The standard InChI is InChI=1S/C24H25FN8O/c1-15-23(25)18(16-2-3-16)13-19(27-15)29-24-30-20(14-22(31-24)33-8-10-34-11-9-33)28-17-4-6-32-7-5-26-21(32)12-17/h4-7,12-14,16H,2-3,8-11H2,1H3,(H2,27,28,29,30,31). The Bertz CT molecular complexity index is 1350. The summed E-state index contributed by atoms with van der Waals surface area (Å²) in [5.41, 5.74) is 2.79. The molecule has 0 amide bonds. The number of anilines is 5. The van der Waals surface area contributed by atoms with E-state index in [-0.39, 0.29) is 11.7 Å². The molecule has 4 aromatic heterocycles. The minimum atomic E-state index is -0.215. The van der Waals surface area contributed by atoms with E-state index in [1.807, 2.05) is 35.0 Å². The maximum atomic E-state index is 14.6. The van der Waals surface area contributed by atoms with Crippen molar-refractivity contribution in [3.8, 4) is 0 Å². The van der Waals surface area contributed by atoms with Crippen LogP contribution in [-0.4, -0.2) is 50.6 Å². The van der Waals surface area contributed by atoms with Gasteiger partial charge in [-0.1, -0.05) is 0 Å². The third-order valence-electron chi connectivity index (χ3n) is 6.13. The van der Waals surface area contributed by atoms with E-state index in [9.17, 15) is 4.39 Å². The van der Waals surface area contributed by atoms with Crippen molar-refractivity contribution in [2.45, 2.75) is 25.7 Å². The van der Waals surface area contributed by atoms with Crippen LogP contribution < -0.4 is 15.5 Å². The van der Waals surface area contributed by atoms with E-state index in [0.29, 0.717) is 42.1 Å². The number of nitrogens with zero attached hydrogens (tertiary/aromatic N) is 6. The molecular weight excluding hydrogens is 435 g/mol. The Kier molecular flexibility index (Phi) is 5.21. The minimum Gasteiger partial charge on any atom is -0.378 e. The lowest BCUT2D eigenvalue weighted by Gasteiger charge is -2.28. The maximum Gasteiger partial charge on any atom is 0.232 e. The summed E-state index contributed by atoms with van der Waals surface area (Å²) < 4.78 is 22.0. The van der Waals surface area contributed by atoms with E-state index in [1.54, 1.807) is 19.2 Å². The van der Waals surface area contributed by atoms with Crippen molar-refractivity contribution in [3.05, 3.63) is 59.9 Å². The molecule has 2 fully saturated rings. The molecule has 1 saturated heterocycles. The summed E-state index contributed by atoms with van der Waals surface area (Å²) in [5.74, 6) is 2.42. The normalized spacial score (nSPS) is 16.1. The van der Waals surface area contributed by atoms with Crippen molar-refractivity contribution >= 4 is 34.7 Å². The number of pyridine rings is 2. The second kappa shape index (κ2) is 8.53. The first-order valence-corrected chi connectivity index (χ1v) is 11.5. The van der Waals surface area contributed by atoms with Crippen LogP contribution >= 0.6 is 0 Å². The predicted molar refractivity (Wildman–Crippen MR) is 128 cm³/mol. The fourth-order valence-electron chi connectivity index (χ4n) is 4.20. The summed E-state index contributed by atoms with van der Waals surface area (Å²) in [6.45, 7) is 4.48. The first-order chi connectivity index (χ1) is 16.6. The quantitative estimate of drug-likeness (QED) is 0.443. The number of fused-ring (bicyclic) bond motifs is 1. The summed E-state index contributed by atoms with van der Waals surface area (Å²) in [7, 11) is 0. The lowest BCUT2D eigenvalue weighted by molar-refractivity contribution is 0.122. The molecule has 2 aliphatic rings. The lowest BCUT2D eigenvalue weighted by atomic mass is 10.1. The second-order valence-electron chi connectivity index (χ2n) is 8.66. The fraction of sp³-hybridized carbons (Fsp3) is 0.333. The van der Waals surface area contributed by atoms with Crippen molar-refractivity contribution in [2.75, 3.05) is 41.8 Å². The van der Waals surface area contributed by atoms with Gasteiger partial charge in [-0.15, -0.1) is 0 Å². The van der Waals surface area contributed by atoms with Crippen molar-refractivity contribution in [2.24, 2.45) is 0 Å². The highest BCUT2D eigenvalue weighted by Crippen LogP contribution is 2.42. The molecule has 10 heteroatoms. The van der Waals surface area contributed by atoms with Crippen molar-refractivity contribution in [1.82, 2.24) is 24.3 Å². The highest BCUT2D eigenvalue weighted by atomic mass is 19.1. The number of aryl methyl sites for hydroxylation is 1. The number of halogens is 1. The molecule has 0 spiro atoms. The number of ether oxygens (including phenoxy) is 1. The topological polar surface area (TPSA) is 92.5 Å². The summed E-state index contributed by atoms with van der Waals surface area (Å²) in [4.78, 5) is 20.3. The number of rotatable bonds is 6. The molecule has 2 N–H and O–H groups in total. The molecule has 1 saturated carbocycles. The summed E-state index contributed by atoms with van der Waals surface area (Å²) in [6.07, 6.45) is 7.62. The molecule has 6 rings (SSSR count). The Hall–Kier alpha value is -3.79. The van der Waals surface area contributed by atoms with Gasteiger partial charge in [0, 0.05) is 49.5 Å². The summed E-state index contributed by atoms with van der Waals surface area (Å²) >= 11 is 0. The number of nitrogens with one attached hydrogen (secondary N) is 2. The van der Waals surface area contributed by atoms with Gasteiger partial charge in [0.25, 0.3) is 0 Å². The van der Waals surface area contributed by atoms with Crippen LogP contribution in [0, 0.1) is 12.7 Å². The van der Waals surface area contributed by atoms with Gasteiger partial charge in [0.05, 0.1) is 18.9 Å². The summed E-state index contributed by atoms with van der Waals surface area (Å²) in [5, 5.41) is 6.58. The van der Waals surface area contributed by atoms with Gasteiger partial charge >= 0.3 is 0 Å². The third kappa shape index (κ3) is 4.24. The van der Waals surface area contributed by atoms with E-state index < -0.39 is 0 Å². The highest BCUT2D eigenvalue weighted by molar-refractivity contribution is 5.66. The largest absolute Gasteiger partial charge is 0.378 e. The van der Waals surface area contributed by atoms with E-state index in [2.05, 4.69) is 30.5 Å². The molecular formula is C24H25FN8O. The first-order valence-electron chi connectivity index (χ1n) is 11.5. The van der Waals surface area contributed by atoms with Crippen LogP contribution in [0.3, 0.4) is 0 Å². The molecule has 0 aromatic carbocycles. The molecule has 4 aromatic rings. The zero-order valence-corrected chi connectivity index (χ0v) is 18.8. The van der Waals surface area contributed by atoms with Crippen LogP contribution in [0.4, 0.5) is 33.5 Å². The molecule has 0 atom stereocenters. The third-order valence-corrected chi connectivity index (χ3v) is 6.13. The number of hydrogen-bond donors (Lipinski definition) is 2. The van der Waals surface area contributed by atoms with E-state index in [0.717, 1.165) is 43.1 Å². The van der Waals surface area contributed by atoms with Crippen LogP contribution in [0.5, 0.6) is 0 Å². The van der Waals surface area contributed by atoms with E-state index >= 15 is 0 Å². The van der Waals surface area contributed by atoms with Gasteiger partial charge in [-0.3, -0.25) is 0 Å². The Labute approximate surface area is 196 Å². The Balaban J connectivity index is 1.34. The van der Waals surface area contributed by atoms with Gasteiger partial charge in [0.1, 0.15) is 28.9 Å². The molecule has 0 unspecified atom stereocenters. The zero-order chi connectivity index (χ0) is 23.1. The average molecular weight is 461 g/mol. The van der Waals surface area contributed by atoms with Crippen molar-refractivity contribution < 1.29 is 9.13 Å². The number of imidazole rings is 1. The number of hydrogen-bond acceptors (Lipinski definition) is 8. The van der Waals surface area contributed by atoms with Crippen LogP contribution in [0.2, 0.25) is 0 Å². The Morgan fingerprint density at radius 1 is 1.00 bits per heavy atom. The van der Waals surface area contributed by atoms with Gasteiger partial charge < -0.3 is 24.7 Å². The monoisotopic (exact) mass is 460 g/mol. The molecule has 1 aliphatic heterocycles. The highest BCUT2D eigenvalue weighted by Gasteiger charge is 2.28. The molecule has 0 bridgehead atoms. The summed E-state index contributed by atoms with van der Waals surface area (Å²) in [6, 6.07) is 7.62.